The van der Waals surface area contributed by atoms with Crippen LogP contribution in [0.15, 0.2) is 54.7 Å². The van der Waals surface area contributed by atoms with E-state index < -0.39 is 23.2 Å². The van der Waals surface area contributed by atoms with Crippen LogP contribution in [-0.2, 0) is 12.0 Å². The summed E-state index contributed by atoms with van der Waals surface area (Å²) in [6.45, 7) is 4.25. The molecule has 0 amide bonds. The normalized spacial score (nSPS) is 22.3. The van der Waals surface area contributed by atoms with Crippen molar-refractivity contribution in [3.63, 3.8) is 0 Å². The molecule has 2 aliphatic carbocycles. The molecule has 1 aromatic carbocycles. The quantitative estimate of drug-likeness (QED) is 0.409. The summed E-state index contributed by atoms with van der Waals surface area (Å²) < 4.78 is 30.6. The molecule has 9 heteroatoms. The molecule has 0 spiro atoms. The highest BCUT2D eigenvalue weighted by Crippen LogP contribution is 2.69. The van der Waals surface area contributed by atoms with Gasteiger partial charge in [-0.05, 0) is 66.1 Å². The van der Waals surface area contributed by atoms with E-state index in [1.807, 2.05) is 24.3 Å². The molecule has 4 aromatic rings. The summed E-state index contributed by atoms with van der Waals surface area (Å²) in [5.74, 6) is -1.17. The van der Waals surface area contributed by atoms with E-state index in [0.29, 0.717) is 11.4 Å². The van der Waals surface area contributed by atoms with Crippen LogP contribution in [0.3, 0.4) is 0 Å². The Kier molecular flexibility index (Phi) is 5.47. The lowest BCUT2D eigenvalue weighted by Crippen LogP contribution is -2.37. The third-order valence-electron chi connectivity index (χ3n) is 8.30. The molecule has 0 aliphatic heterocycles. The van der Waals surface area contributed by atoms with Crippen molar-refractivity contribution in [1.29, 1.82) is 0 Å². The molecule has 37 heavy (non-hydrogen) atoms. The van der Waals surface area contributed by atoms with Gasteiger partial charge >= 0.3 is 0 Å². The van der Waals surface area contributed by atoms with Gasteiger partial charge in [-0.25, -0.2) is 8.78 Å². The number of pyridine rings is 1. The number of aliphatic hydroxyl groups excluding tert-OH is 2. The van der Waals surface area contributed by atoms with Gasteiger partial charge < -0.3 is 10.2 Å². The number of aliphatic hydroxyl groups is 2. The maximum Gasteiger partial charge on any atom is 0.135 e. The number of halogens is 2. The van der Waals surface area contributed by atoms with Crippen molar-refractivity contribution in [2.45, 2.75) is 50.7 Å². The van der Waals surface area contributed by atoms with E-state index in [4.69, 9.17) is 10.1 Å². The average Bonchev–Trinajstić information content (AvgIpc) is 3.51. The van der Waals surface area contributed by atoms with Crippen molar-refractivity contribution in [3.8, 4) is 22.6 Å². The second kappa shape index (κ2) is 8.49. The number of hydrogen-bond acceptors (Lipinski definition) is 6. The van der Waals surface area contributed by atoms with Crippen molar-refractivity contribution in [2.24, 2.45) is 5.41 Å². The zero-order valence-corrected chi connectivity index (χ0v) is 20.6. The van der Waals surface area contributed by atoms with Crippen LogP contribution in [0, 0.1) is 17.0 Å². The highest BCUT2D eigenvalue weighted by atomic mass is 19.1. The second-order valence-corrected chi connectivity index (χ2v) is 10.5. The topological polar surface area (TPSA) is 97.0 Å². The number of hydrogen-bond donors (Lipinski definition) is 2. The molecule has 3 atom stereocenters. The van der Waals surface area contributed by atoms with Gasteiger partial charge in [-0.2, -0.15) is 10.2 Å². The van der Waals surface area contributed by atoms with Gasteiger partial charge in [-0.15, -0.1) is 5.10 Å². The van der Waals surface area contributed by atoms with Gasteiger partial charge in [0.2, 0.25) is 0 Å². The fraction of sp³-hybridized carbons (Fsp3) is 0.357. The molecule has 3 aromatic heterocycles. The summed E-state index contributed by atoms with van der Waals surface area (Å²) in [4.78, 5) is 5.04. The highest BCUT2D eigenvalue weighted by Gasteiger charge is 2.65. The fourth-order valence-corrected chi connectivity index (χ4v) is 6.45. The summed E-state index contributed by atoms with van der Waals surface area (Å²) in [7, 11) is 0. The molecule has 6 rings (SSSR count). The molecule has 2 bridgehead atoms. The van der Waals surface area contributed by atoms with Gasteiger partial charge in [0, 0.05) is 6.20 Å². The van der Waals surface area contributed by atoms with E-state index in [0.717, 1.165) is 29.8 Å². The summed E-state index contributed by atoms with van der Waals surface area (Å²) >= 11 is 0. The van der Waals surface area contributed by atoms with Crippen LogP contribution in [0.25, 0.3) is 22.6 Å². The Hall–Kier alpha value is -3.56. The molecular formula is C28H27F2N5O2. The van der Waals surface area contributed by atoms with Gasteiger partial charge in [0.25, 0.3) is 0 Å². The van der Waals surface area contributed by atoms with Gasteiger partial charge in [0.05, 0.1) is 53.0 Å². The third-order valence-corrected chi connectivity index (χ3v) is 8.30. The number of aromatic nitrogens is 5. The Morgan fingerprint density at radius 3 is 2.54 bits per heavy atom. The van der Waals surface area contributed by atoms with Crippen LogP contribution in [0.5, 0.6) is 0 Å². The molecule has 0 radical (unpaired) electrons. The summed E-state index contributed by atoms with van der Waals surface area (Å²) in [5.41, 5.74) is 3.29. The minimum Gasteiger partial charge on any atom is -0.394 e. The van der Waals surface area contributed by atoms with Crippen LogP contribution in [0.2, 0.25) is 0 Å². The predicted octanol–water partition coefficient (Wildman–Crippen LogP) is 4.24. The van der Waals surface area contributed by atoms with Gasteiger partial charge in [0.1, 0.15) is 17.3 Å². The first-order chi connectivity index (χ1) is 17.8. The van der Waals surface area contributed by atoms with Crippen LogP contribution in [0.1, 0.15) is 49.6 Å². The van der Waals surface area contributed by atoms with E-state index in [-0.39, 0.29) is 35.7 Å². The second-order valence-electron chi connectivity index (χ2n) is 10.5. The molecule has 3 heterocycles. The molecule has 2 N–H and O–H groups in total. The van der Waals surface area contributed by atoms with E-state index in [9.17, 15) is 13.9 Å². The first kappa shape index (κ1) is 23.8. The molecule has 1 saturated carbocycles. The summed E-state index contributed by atoms with van der Waals surface area (Å²) in [6.07, 6.45) is 2.60. The molecule has 7 nitrogen and oxygen atoms in total. The van der Waals surface area contributed by atoms with Crippen molar-refractivity contribution in [2.75, 3.05) is 6.61 Å². The highest BCUT2D eigenvalue weighted by molar-refractivity contribution is 5.64. The van der Waals surface area contributed by atoms with Crippen LogP contribution < -0.4 is 0 Å². The van der Waals surface area contributed by atoms with E-state index in [1.165, 1.54) is 18.2 Å². The maximum absolute atomic E-state index is 14.5. The average molecular weight is 504 g/mol. The van der Waals surface area contributed by atoms with Crippen molar-refractivity contribution in [1.82, 2.24) is 25.0 Å². The largest absolute Gasteiger partial charge is 0.394 e. The van der Waals surface area contributed by atoms with Gasteiger partial charge in [-0.3, -0.25) is 9.67 Å². The zero-order valence-electron chi connectivity index (χ0n) is 20.6. The minimum absolute atomic E-state index is 0.149. The minimum atomic E-state index is -0.890. The fourth-order valence-electron chi connectivity index (χ4n) is 6.45. The lowest BCUT2D eigenvalue weighted by Gasteiger charge is -2.37. The van der Waals surface area contributed by atoms with E-state index in [1.54, 1.807) is 16.9 Å². The first-order valence-electron chi connectivity index (χ1n) is 12.4. The van der Waals surface area contributed by atoms with Gasteiger partial charge in [0.15, 0.2) is 0 Å². The smallest absolute Gasteiger partial charge is 0.135 e. The Morgan fingerprint density at radius 1 is 1.03 bits per heavy atom. The Bertz CT molecular complexity index is 1480. The van der Waals surface area contributed by atoms with Crippen molar-refractivity contribution >= 4 is 0 Å². The molecule has 0 unspecified atom stereocenters. The monoisotopic (exact) mass is 503 g/mol. The molecule has 190 valence electrons. The number of nitrogens with zero attached hydrogens (tertiary/aromatic N) is 5. The van der Waals surface area contributed by atoms with E-state index in [2.05, 4.69) is 29.1 Å². The van der Waals surface area contributed by atoms with Crippen molar-refractivity contribution < 1.29 is 19.0 Å². The van der Waals surface area contributed by atoms with Gasteiger partial charge in [-0.1, -0.05) is 26.0 Å². The molecule has 2 aliphatic rings. The van der Waals surface area contributed by atoms with Crippen LogP contribution >= 0.6 is 0 Å². The maximum atomic E-state index is 14.5. The van der Waals surface area contributed by atoms with E-state index >= 15 is 0 Å². The van der Waals surface area contributed by atoms with Crippen molar-refractivity contribution in [3.05, 3.63) is 83.3 Å². The summed E-state index contributed by atoms with van der Waals surface area (Å²) in [5, 5.41) is 32.3. The lowest BCUT2D eigenvalue weighted by atomic mass is 9.66. The van der Waals surface area contributed by atoms with Crippen LogP contribution in [-0.4, -0.2) is 47.9 Å². The lowest BCUT2D eigenvalue weighted by molar-refractivity contribution is 0.0783. The predicted molar refractivity (Wildman–Crippen MR) is 132 cm³/mol. The third kappa shape index (κ3) is 3.44. The number of benzene rings is 1. The Balaban J connectivity index is 1.43. The standard InChI is InChI=1S/C28H27F2N5O2/c1-27(2)18-9-11-28(27,26-17(18)13-23(32-33-26)25-19(29)5-3-6-20(25)30)24-8-4-7-21(31-24)22-10-12-35(34-22)14-16(37)15-36/h3-8,10,12-13,16,18,36-37H,9,11,14-15H2,1-2H3/t16-,18+,28+/m1/s1. The Labute approximate surface area is 212 Å². The number of fused-ring (bicyclic) bond motifs is 5. The molecule has 1 fully saturated rings. The SMILES string of the molecule is CC1(C)[C@H]2CC[C@]1(c1cccc(-c3ccn(C[C@@H](O)CO)n3)n1)c1nnc(-c3c(F)cccc3F)cc12. The molecular weight excluding hydrogens is 476 g/mol. The first-order valence-corrected chi connectivity index (χ1v) is 12.4. The van der Waals surface area contributed by atoms with Crippen LogP contribution in [0.4, 0.5) is 8.78 Å². The summed E-state index contributed by atoms with van der Waals surface area (Å²) in [6, 6.07) is 13.3. The molecule has 0 saturated heterocycles. The number of rotatable bonds is 6. The zero-order chi connectivity index (χ0) is 25.9. The Morgan fingerprint density at radius 2 is 1.78 bits per heavy atom.